The average Bonchev–Trinajstić information content (AvgIpc) is 3.18. The van der Waals surface area contributed by atoms with E-state index in [0.29, 0.717) is 11.5 Å². The summed E-state index contributed by atoms with van der Waals surface area (Å²) < 4.78 is 7.06. The molecule has 0 fully saturated rings. The van der Waals surface area contributed by atoms with E-state index >= 15 is 0 Å². The van der Waals surface area contributed by atoms with Crippen molar-refractivity contribution in [3.63, 3.8) is 0 Å². The minimum atomic E-state index is -0.256. The second-order valence-electron chi connectivity index (χ2n) is 8.34. The summed E-state index contributed by atoms with van der Waals surface area (Å²) in [6.45, 7) is 10.8. The van der Waals surface area contributed by atoms with E-state index in [9.17, 15) is 0 Å². The van der Waals surface area contributed by atoms with Crippen LogP contribution in [0.1, 0.15) is 51.1 Å². The summed E-state index contributed by atoms with van der Waals surface area (Å²) in [6.07, 6.45) is 4.43. The standard InChI is InChI=1S/C20H22N4OS/c1-19(2,3)18-24-16-14(26-18)9-12(11-22-16)10-20(4,5)17-23-15-13(25-17)7-6-8-21-15/h6-9,11H,10H2,1-5H3. The van der Waals surface area contributed by atoms with Gasteiger partial charge in [-0.05, 0) is 30.2 Å². The predicted molar refractivity (Wildman–Crippen MR) is 105 cm³/mol. The molecule has 0 spiro atoms. The highest BCUT2D eigenvalue weighted by Crippen LogP contribution is 2.33. The molecule has 0 aliphatic carbocycles. The third-order valence-corrected chi connectivity index (χ3v) is 5.75. The summed E-state index contributed by atoms with van der Waals surface area (Å²) in [4.78, 5) is 18.1. The highest BCUT2D eigenvalue weighted by molar-refractivity contribution is 7.18. The fourth-order valence-electron chi connectivity index (χ4n) is 2.92. The van der Waals surface area contributed by atoms with Gasteiger partial charge in [0.2, 0.25) is 5.89 Å². The first-order chi connectivity index (χ1) is 12.2. The van der Waals surface area contributed by atoms with Gasteiger partial charge in [0, 0.05) is 23.2 Å². The van der Waals surface area contributed by atoms with Gasteiger partial charge in [-0.3, -0.25) is 0 Å². The zero-order valence-corrected chi connectivity index (χ0v) is 16.5. The molecule has 4 aromatic heterocycles. The number of hydrogen-bond donors (Lipinski definition) is 0. The van der Waals surface area contributed by atoms with Crippen LogP contribution in [0.5, 0.6) is 0 Å². The smallest absolute Gasteiger partial charge is 0.203 e. The van der Waals surface area contributed by atoms with Gasteiger partial charge >= 0.3 is 0 Å². The third kappa shape index (κ3) is 3.09. The van der Waals surface area contributed by atoms with Gasteiger partial charge < -0.3 is 4.42 Å². The van der Waals surface area contributed by atoms with Crippen LogP contribution in [0, 0.1) is 0 Å². The van der Waals surface area contributed by atoms with Gasteiger partial charge in [0.25, 0.3) is 0 Å². The number of oxazole rings is 1. The van der Waals surface area contributed by atoms with E-state index in [1.807, 2.05) is 18.3 Å². The predicted octanol–water partition coefficient (Wildman–Crippen LogP) is 5.05. The monoisotopic (exact) mass is 366 g/mol. The maximum absolute atomic E-state index is 5.94. The molecule has 26 heavy (non-hydrogen) atoms. The Morgan fingerprint density at radius 2 is 1.85 bits per heavy atom. The number of hydrogen-bond acceptors (Lipinski definition) is 6. The highest BCUT2D eigenvalue weighted by atomic mass is 32.1. The fraction of sp³-hybridized carbons (Fsp3) is 0.400. The Kier molecular flexibility index (Phi) is 3.84. The van der Waals surface area contributed by atoms with Crippen molar-refractivity contribution in [2.45, 2.75) is 51.9 Å². The van der Waals surface area contributed by atoms with Crippen molar-refractivity contribution in [1.29, 1.82) is 0 Å². The lowest BCUT2D eigenvalue weighted by atomic mass is 9.86. The van der Waals surface area contributed by atoms with Gasteiger partial charge in [0.05, 0.1) is 4.70 Å². The van der Waals surface area contributed by atoms with Crippen LogP contribution in [0.15, 0.2) is 35.0 Å². The molecular formula is C20H22N4OS. The maximum Gasteiger partial charge on any atom is 0.203 e. The first-order valence-corrected chi connectivity index (χ1v) is 9.52. The molecule has 0 aliphatic heterocycles. The molecule has 0 saturated carbocycles. The van der Waals surface area contributed by atoms with E-state index in [4.69, 9.17) is 4.42 Å². The molecule has 6 heteroatoms. The Balaban J connectivity index is 1.66. The summed E-state index contributed by atoms with van der Waals surface area (Å²) >= 11 is 1.72. The molecule has 0 aromatic carbocycles. The van der Waals surface area contributed by atoms with Crippen molar-refractivity contribution < 1.29 is 4.42 Å². The molecule has 0 bridgehead atoms. The quantitative estimate of drug-likeness (QED) is 0.508. The number of thiazole rings is 1. The number of pyridine rings is 2. The minimum Gasteiger partial charge on any atom is -0.438 e. The Morgan fingerprint density at radius 1 is 1.04 bits per heavy atom. The summed E-state index contributed by atoms with van der Waals surface area (Å²) in [5, 5.41) is 1.11. The summed E-state index contributed by atoms with van der Waals surface area (Å²) in [5.41, 5.74) is 3.14. The second kappa shape index (κ2) is 5.84. The van der Waals surface area contributed by atoms with Crippen LogP contribution < -0.4 is 0 Å². The van der Waals surface area contributed by atoms with Gasteiger partial charge in [-0.2, -0.15) is 4.98 Å². The summed E-state index contributed by atoms with van der Waals surface area (Å²) in [5.74, 6) is 0.700. The number of rotatable bonds is 3. The first kappa shape index (κ1) is 17.1. The number of fused-ring (bicyclic) bond motifs is 2. The van der Waals surface area contributed by atoms with E-state index in [1.54, 1.807) is 17.5 Å². The van der Waals surface area contributed by atoms with Gasteiger partial charge in [-0.25, -0.2) is 15.0 Å². The molecule has 0 amide bonds. The van der Waals surface area contributed by atoms with Crippen LogP contribution in [0.2, 0.25) is 0 Å². The largest absolute Gasteiger partial charge is 0.438 e. The normalized spacial score (nSPS) is 13.0. The maximum atomic E-state index is 5.94. The van der Waals surface area contributed by atoms with Gasteiger partial charge in [-0.1, -0.05) is 34.6 Å². The Hall–Kier alpha value is -2.34. The average molecular weight is 366 g/mol. The molecule has 0 N–H and O–H groups in total. The van der Waals surface area contributed by atoms with Crippen molar-refractivity contribution in [1.82, 2.24) is 19.9 Å². The molecule has 0 radical (unpaired) electrons. The Morgan fingerprint density at radius 3 is 2.58 bits per heavy atom. The van der Waals surface area contributed by atoms with Crippen molar-refractivity contribution in [3.8, 4) is 0 Å². The number of aromatic nitrogens is 4. The Bertz CT molecular complexity index is 1060. The topological polar surface area (TPSA) is 64.7 Å². The lowest BCUT2D eigenvalue weighted by Gasteiger charge is -2.20. The molecule has 4 heterocycles. The molecule has 0 atom stereocenters. The SMILES string of the molecule is CC(C)(C)c1nc2ncc(CC(C)(C)c3nc4ncccc4o3)cc2s1. The third-order valence-electron chi connectivity index (χ3n) is 4.34. The second-order valence-corrected chi connectivity index (χ2v) is 9.37. The van der Waals surface area contributed by atoms with E-state index in [-0.39, 0.29) is 10.8 Å². The Labute approximate surface area is 156 Å². The van der Waals surface area contributed by atoms with Crippen LogP contribution in [-0.4, -0.2) is 19.9 Å². The van der Waals surface area contributed by atoms with Crippen molar-refractivity contribution in [2.24, 2.45) is 0 Å². The molecule has 134 valence electrons. The van der Waals surface area contributed by atoms with E-state index in [2.05, 4.69) is 60.6 Å². The van der Waals surface area contributed by atoms with Gasteiger partial charge in [-0.15, -0.1) is 11.3 Å². The van der Waals surface area contributed by atoms with Crippen molar-refractivity contribution >= 4 is 32.9 Å². The van der Waals surface area contributed by atoms with E-state index < -0.39 is 0 Å². The van der Waals surface area contributed by atoms with E-state index in [0.717, 1.165) is 32.9 Å². The first-order valence-electron chi connectivity index (χ1n) is 8.70. The lowest BCUT2D eigenvalue weighted by Crippen LogP contribution is -2.21. The van der Waals surface area contributed by atoms with E-state index in [1.165, 1.54) is 0 Å². The lowest BCUT2D eigenvalue weighted by molar-refractivity contribution is 0.381. The van der Waals surface area contributed by atoms with Crippen LogP contribution >= 0.6 is 11.3 Å². The molecule has 0 saturated heterocycles. The summed E-state index contributed by atoms with van der Waals surface area (Å²) in [7, 11) is 0. The van der Waals surface area contributed by atoms with Crippen molar-refractivity contribution in [2.75, 3.05) is 0 Å². The molecular weight excluding hydrogens is 344 g/mol. The van der Waals surface area contributed by atoms with Crippen LogP contribution in [0.3, 0.4) is 0 Å². The molecule has 4 aromatic rings. The fourth-order valence-corrected chi connectivity index (χ4v) is 3.97. The molecule has 5 nitrogen and oxygen atoms in total. The van der Waals surface area contributed by atoms with Gasteiger partial charge in [0.15, 0.2) is 16.9 Å². The zero-order valence-electron chi connectivity index (χ0n) is 15.7. The van der Waals surface area contributed by atoms with Crippen LogP contribution in [0.4, 0.5) is 0 Å². The highest BCUT2D eigenvalue weighted by Gasteiger charge is 2.28. The molecule has 0 unspecified atom stereocenters. The van der Waals surface area contributed by atoms with Crippen LogP contribution in [0.25, 0.3) is 21.6 Å². The summed E-state index contributed by atoms with van der Waals surface area (Å²) in [6, 6.07) is 5.95. The zero-order chi connectivity index (χ0) is 18.5. The van der Waals surface area contributed by atoms with Gasteiger partial charge in [0.1, 0.15) is 5.01 Å². The van der Waals surface area contributed by atoms with Crippen LogP contribution in [-0.2, 0) is 17.3 Å². The van der Waals surface area contributed by atoms with Crippen molar-refractivity contribution in [3.05, 3.63) is 47.1 Å². The number of nitrogens with zero attached hydrogens (tertiary/aromatic N) is 4. The molecule has 0 aliphatic rings. The minimum absolute atomic E-state index is 0.0377. The molecule has 4 rings (SSSR count).